The lowest BCUT2D eigenvalue weighted by Crippen LogP contribution is -2.20. The van der Waals surface area contributed by atoms with Crippen LogP contribution in [0.4, 0.5) is 13.2 Å². The number of ether oxygens (including phenoxy) is 2. The highest BCUT2D eigenvalue weighted by Crippen LogP contribution is 2.38. The van der Waals surface area contributed by atoms with E-state index in [-0.39, 0.29) is 17.9 Å². The average molecular weight is 381 g/mol. The van der Waals surface area contributed by atoms with E-state index in [4.69, 9.17) is 4.74 Å². The van der Waals surface area contributed by atoms with E-state index in [2.05, 4.69) is 20.7 Å². The molecule has 1 aromatic rings. The minimum absolute atomic E-state index is 0.133. The van der Waals surface area contributed by atoms with E-state index in [1.807, 2.05) is 0 Å². The van der Waals surface area contributed by atoms with Gasteiger partial charge in [0.1, 0.15) is 10.6 Å². The van der Waals surface area contributed by atoms with Gasteiger partial charge in [-0.15, -0.1) is 13.2 Å². The summed E-state index contributed by atoms with van der Waals surface area (Å²) in [6.45, 7) is 1.78. The Morgan fingerprint density at radius 1 is 1.41 bits per heavy atom. The predicted molar refractivity (Wildman–Crippen MR) is 77.9 cm³/mol. The normalized spacial score (nSPS) is 16.2. The van der Waals surface area contributed by atoms with E-state index in [1.54, 1.807) is 19.1 Å². The van der Waals surface area contributed by atoms with Gasteiger partial charge < -0.3 is 9.47 Å². The lowest BCUT2D eigenvalue weighted by Gasteiger charge is -2.17. The largest absolute Gasteiger partial charge is 0.573 e. The Labute approximate surface area is 134 Å². The van der Waals surface area contributed by atoms with Gasteiger partial charge in [0, 0.05) is 5.56 Å². The minimum atomic E-state index is -4.81. The van der Waals surface area contributed by atoms with E-state index >= 15 is 0 Å². The lowest BCUT2D eigenvalue weighted by molar-refractivity contribution is -0.274. The van der Waals surface area contributed by atoms with Crippen molar-refractivity contribution in [3.8, 4) is 5.75 Å². The number of rotatable bonds is 6. The molecule has 1 atom stereocenters. The summed E-state index contributed by atoms with van der Waals surface area (Å²) in [4.78, 5) is 10.8. The van der Waals surface area contributed by atoms with Crippen LogP contribution in [0.25, 0.3) is 0 Å². The van der Waals surface area contributed by atoms with E-state index in [1.165, 1.54) is 6.07 Å². The first kappa shape index (κ1) is 17.1. The SMILES string of the molecule is CCOC(=O)C(Br)c1cc(CC2CC2)ccc1OC(F)(F)F. The van der Waals surface area contributed by atoms with Crippen molar-refractivity contribution in [2.24, 2.45) is 5.92 Å². The van der Waals surface area contributed by atoms with Gasteiger partial charge in [-0.1, -0.05) is 28.1 Å². The fourth-order valence-corrected chi connectivity index (χ4v) is 2.63. The number of carbonyl (C=O) groups excluding carboxylic acids is 1. The standard InChI is InChI=1S/C15H16BrF3O3/c1-2-21-14(20)13(16)11-8-10(7-9-3-4-9)5-6-12(11)22-15(17,18)19/h5-6,8-9,13H,2-4,7H2,1H3. The van der Waals surface area contributed by atoms with Crippen molar-refractivity contribution in [3.05, 3.63) is 29.3 Å². The number of hydrogen-bond donors (Lipinski definition) is 0. The predicted octanol–water partition coefficient (Wildman–Crippen LogP) is 4.54. The van der Waals surface area contributed by atoms with Crippen LogP contribution >= 0.6 is 15.9 Å². The number of hydrogen-bond acceptors (Lipinski definition) is 3. The Balaban J connectivity index is 2.28. The number of benzene rings is 1. The molecular formula is C15H16BrF3O3. The third-order valence-electron chi connectivity index (χ3n) is 3.29. The lowest BCUT2D eigenvalue weighted by atomic mass is 10.0. The molecule has 0 radical (unpaired) electrons. The third-order valence-corrected chi connectivity index (χ3v) is 4.15. The molecule has 0 N–H and O–H groups in total. The number of carbonyl (C=O) groups is 1. The van der Waals surface area contributed by atoms with Gasteiger partial charge in [-0.3, -0.25) is 4.79 Å². The van der Waals surface area contributed by atoms with Crippen molar-refractivity contribution in [1.82, 2.24) is 0 Å². The molecule has 1 aliphatic carbocycles. The third kappa shape index (κ3) is 4.90. The average Bonchev–Trinajstić information content (AvgIpc) is 3.22. The number of alkyl halides is 4. The molecule has 0 bridgehead atoms. The van der Waals surface area contributed by atoms with Crippen LogP contribution in [-0.4, -0.2) is 18.9 Å². The molecule has 0 aromatic heterocycles. The van der Waals surface area contributed by atoms with Crippen LogP contribution in [0.5, 0.6) is 5.75 Å². The molecule has 2 rings (SSSR count). The molecule has 122 valence electrons. The molecule has 22 heavy (non-hydrogen) atoms. The maximum atomic E-state index is 12.5. The first-order valence-corrected chi connectivity index (χ1v) is 7.91. The smallest absolute Gasteiger partial charge is 0.465 e. The zero-order valence-electron chi connectivity index (χ0n) is 12.0. The first-order chi connectivity index (χ1) is 10.3. The second kappa shape index (κ2) is 6.89. The Bertz CT molecular complexity index is 541. The van der Waals surface area contributed by atoms with Crippen molar-refractivity contribution >= 4 is 21.9 Å². The summed E-state index contributed by atoms with van der Waals surface area (Å²) in [5.41, 5.74) is 1.02. The Hall–Kier alpha value is -1.24. The molecule has 3 nitrogen and oxygen atoms in total. The second-order valence-corrected chi connectivity index (χ2v) is 6.10. The summed E-state index contributed by atoms with van der Waals surface area (Å²) in [5, 5.41) is 0. The second-order valence-electron chi connectivity index (χ2n) is 5.18. The number of esters is 1. The molecule has 7 heteroatoms. The molecule has 0 spiro atoms. The molecular weight excluding hydrogens is 365 g/mol. The van der Waals surface area contributed by atoms with Gasteiger partial charge in [0.05, 0.1) is 6.61 Å². The first-order valence-electron chi connectivity index (χ1n) is 6.99. The van der Waals surface area contributed by atoms with E-state index < -0.39 is 17.2 Å². The summed E-state index contributed by atoms with van der Waals surface area (Å²) in [7, 11) is 0. The molecule has 0 aliphatic heterocycles. The van der Waals surface area contributed by atoms with Gasteiger partial charge in [0.15, 0.2) is 0 Å². The van der Waals surface area contributed by atoms with Crippen molar-refractivity contribution in [1.29, 1.82) is 0 Å². The Morgan fingerprint density at radius 2 is 2.09 bits per heavy atom. The van der Waals surface area contributed by atoms with Crippen molar-refractivity contribution < 1.29 is 27.4 Å². The van der Waals surface area contributed by atoms with Gasteiger partial charge in [0.2, 0.25) is 0 Å². The minimum Gasteiger partial charge on any atom is -0.465 e. The summed E-state index contributed by atoms with van der Waals surface area (Å²) in [6.07, 6.45) is -1.76. The van der Waals surface area contributed by atoms with Crippen molar-refractivity contribution in [2.45, 2.75) is 37.4 Å². The van der Waals surface area contributed by atoms with Gasteiger partial charge in [-0.25, -0.2) is 0 Å². The van der Waals surface area contributed by atoms with Gasteiger partial charge >= 0.3 is 12.3 Å². The Kier molecular flexibility index (Phi) is 5.36. The maximum absolute atomic E-state index is 12.5. The van der Waals surface area contributed by atoms with Crippen LogP contribution < -0.4 is 4.74 Å². The highest BCUT2D eigenvalue weighted by atomic mass is 79.9. The van der Waals surface area contributed by atoms with Gasteiger partial charge in [-0.05, 0) is 43.7 Å². The van der Waals surface area contributed by atoms with E-state index in [0.717, 1.165) is 24.8 Å². The van der Waals surface area contributed by atoms with E-state index in [0.29, 0.717) is 5.92 Å². The van der Waals surface area contributed by atoms with Crippen LogP contribution in [0.2, 0.25) is 0 Å². The monoisotopic (exact) mass is 380 g/mol. The van der Waals surface area contributed by atoms with Crippen molar-refractivity contribution in [2.75, 3.05) is 6.61 Å². The van der Waals surface area contributed by atoms with Crippen LogP contribution in [-0.2, 0) is 16.0 Å². The molecule has 0 amide bonds. The quantitative estimate of drug-likeness (QED) is 0.536. The van der Waals surface area contributed by atoms with Crippen LogP contribution in [0.1, 0.15) is 35.7 Å². The number of halogens is 4. The molecule has 0 heterocycles. The molecule has 1 fully saturated rings. The molecule has 1 aromatic carbocycles. The topological polar surface area (TPSA) is 35.5 Å². The molecule has 1 saturated carbocycles. The van der Waals surface area contributed by atoms with E-state index in [9.17, 15) is 18.0 Å². The summed E-state index contributed by atoms with van der Waals surface area (Å²) < 4.78 is 46.4. The van der Waals surface area contributed by atoms with Crippen LogP contribution in [0.3, 0.4) is 0 Å². The van der Waals surface area contributed by atoms with Crippen molar-refractivity contribution in [3.63, 3.8) is 0 Å². The zero-order chi connectivity index (χ0) is 16.3. The van der Waals surface area contributed by atoms with Gasteiger partial charge in [-0.2, -0.15) is 0 Å². The van der Waals surface area contributed by atoms with Gasteiger partial charge in [0.25, 0.3) is 0 Å². The highest BCUT2D eigenvalue weighted by molar-refractivity contribution is 9.09. The zero-order valence-corrected chi connectivity index (χ0v) is 13.5. The summed E-state index contributed by atoms with van der Waals surface area (Å²) in [5.74, 6) is -0.446. The summed E-state index contributed by atoms with van der Waals surface area (Å²) in [6, 6.07) is 4.44. The molecule has 1 unspecified atom stereocenters. The van der Waals surface area contributed by atoms with Crippen LogP contribution in [0.15, 0.2) is 18.2 Å². The summed E-state index contributed by atoms with van der Waals surface area (Å²) >= 11 is 3.10. The fraction of sp³-hybridized carbons (Fsp3) is 0.533. The molecule has 0 saturated heterocycles. The molecule has 1 aliphatic rings. The fourth-order valence-electron chi connectivity index (χ4n) is 2.14. The Morgan fingerprint density at radius 3 is 2.64 bits per heavy atom. The van der Waals surface area contributed by atoms with Crippen LogP contribution in [0, 0.1) is 5.92 Å². The maximum Gasteiger partial charge on any atom is 0.573 e. The highest BCUT2D eigenvalue weighted by Gasteiger charge is 2.34.